The zero-order valence-electron chi connectivity index (χ0n) is 12.1. The Morgan fingerprint density at radius 1 is 1.25 bits per heavy atom. The summed E-state index contributed by atoms with van der Waals surface area (Å²) in [5, 5.41) is 13.1. The molecular formula is C17H23NO2. The van der Waals surface area contributed by atoms with Crippen molar-refractivity contribution in [3.8, 4) is 0 Å². The van der Waals surface area contributed by atoms with Gasteiger partial charge in [0.1, 0.15) is 0 Å². The lowest BCUT2D eigenvalue weighted by atomic mass is 9.70. The van der Waals surface area contributed by atoms with Crippen molar-refractivity contribution in [2.24, 2.45) is 0 Å². The van der Waals surface area contributed by atoms with Crippen molar-refractivity contribution in [1.29, 1.82) is 0 Å². The molecule has 2 N–H and O–H groups in total. The van der Waals surface area contributed by atoms with Gasteiger partial charge in [0.25, 0.3) is 0 Å². The van der Waals surface area contributed by atoms with Crippen LogP contribution in [0, 0.1) is 0 Å². The molecule has 0 aliphatic heterocycles. The maximum absolute atomic E-state index is 12.6. The molecule has 0 saturated heterocycles. The molecule has 108 valence electrons. The Bertz CT molecular complexity index is 521. The second-order valence-electron chi connectivity index (χ2n) is 6.60. The first kappa shape index (κ1) is 13.6. The Morgan fingerprint density at radius 2 is 2.00 bits per heavy atom. The van der Waals surface area contributed by atoms with Crippen LogP contribution in [0.2, 0.25) is 0 Å². The van der Waals surface area contributed by atoms with Crippen LogP contribution in [0.25, 0.3) is 0 Å². The Kier molecular flexibility index (Phi) is 3.33. The minimum atomic E-state index is -0.653. The van der Waals surface area contributed by atoms with Gasteiger partial charge in [0, 0.05) is 6.54 Å². The summed E-state index contributed by atoms with van der Waals surface area (Å²) in [7, 11) is 0. The molecule has 3 heteroatoms. The Labute approximate surface area is 120 Å². The van der Waals surface area contributed by atoms with Gasteiger partial charge in [-0.1, -0.05) is 24.3 Å². The first-order valence-electron chi connectivity index (χ1n) is 7.63. The van der Waals surface area contributed by atoms with Crippen LogP contribution in [0.1, 0.15) is 50.2 Å². The standard InChI is InChI=1S/C17H23NO2/c1-16(15(19)18-12-17(20)10-5-11-17)9-4-7-13-6-2-3-8-14(13)16/h2-3,6,8,20H,4-5,7,9-12H2,1H3,(H,18,19). The Morgan fingerprint density at radius 3 is 2.70 bits per heavy atom. The fraction of sp³-hybridized carbons (Fsp3) is 0.588. The van der Waals surface area contributed by atoms with Gasteiger partial charge in [0.15, 0.2) is 0 Å². The van der Waals surface area contributed by atoms with Crippen LogP contribution in [0.15, 0.2) is 24.3 Å². The predicted octanol–water partition coefficient (Wildman–Crippen LogP) is 2.31. The summed E-state index contributed by atoms with van der Waals surface area (Å²) in [4.78, 5) is 12.6. The number of fused-ring (bicyclic) bond motifs is 1. The number of aliphatic hydroxyl groups is 1. The maximum atomic E-state index is 12.6. The van der Waals surface area contributed by atoms with Gasteiger partial charge in [-0.25, -0.2) is 0 Å². The molecule has 0 aromatic heterocycles. The molecule has 0 radical (unpaired) electrons. The summed E-state index contributed by atoms with van der Waals surface area (Å²) in [5.41, 5.74) is 1.35. The molecular weight excluding hydrogens is 250 g/mol. The monoisotopic (exact) mass is 273 g/mol. The van der Waals surface area contributed by atoms with E-state index >= 15 is 0 Å². The van der Waals surface area contributed by atoms with Crippen molar-refractivity contribution in [2.75, 3.05) is 6.54 Å². The van der Waals surface area contributed by atoms with Crippen LogP contribution in [0.5, 0.6) is 0 Å². The third-order valence-corrected chi connectivity index (χ3v) is 5.10. The van der Waals surface area contributed by atoms with Crippen molar-refractivity contribution in [2.45, 2.75) is 56.5 Å². The fourth-order valence-corrected chi connectivity index (χ4v) is 3.48. The number of aryl methyl sites for hydroxylation is 1. The lowest BCUT2D eigenvalue weighted by Gasteiger charge is -2.39. The van der Waals surface area contributed by atoms with E-state index in [9.17, 15) is 9.90 Å². The van der Waals surface area contributed by atoms with Crippen molar-refractivity contribution in [1.82, 2.24) is 5.32 Å². The number of carbonyl (C=O) groups excluding carboxylic acids is 1. The van der Waals surface area contributed by atoms with Crippen LogP contribution < -0.4 is 5.32 Å². The molecule has 1 aromatic rings. The molecule has 0 heterocycles. The van der Waals surface area contributed by atoms with Crippen LogP contribution in [0.3, 0.4) is 0 Å². The van der Waals surface area contributed by atoms with E-state index in [0.717, 1.165) is 44.1 Å². The van der Waals surface area contributed by atoms with Crippen LogP contribution in [0.4, 0.5) is 0 Å². The number of benzene rings is 1. The third kappa shape index (κ3) is 2.24. The van der Waals surface area contributed by atoms with E-state index in [-0.39, 0.29) is 5.91 Å². The van der Waals surface area contributed by atoms with Crippen molar-refractivity contribution in [3.63, 3.8) is 0 Å². The van der Waals surface area contributed by atoms with Gasteiger partial charge < -0.3 is 10.4 Å². The Hall–Kier alpha value is -1.35. The van der Waals surface area contributed by atoms with Crippen LogP contribution in [-0.2, 0) is 16.6 Å². The predicted molar refractivity (Wildman–Crippen MR) is 78.5 cm³/mol. The van der Waals surface area contributed by atoms with E-state index in [0.29, 0.717) is 6.54 Å². The molecule has 3 nitrogen and oxygen atoms in total. The molecule has 0 spiro atoms. The minimum absolute atomic E-state index is 0.0602. The van der Waals surface area contributed by atoms with E-state index in [1.54, 1.807) is 0 Å². The smallest absolute Gasteiger partial charge is 0.230 e. The molecule has 1 aromatic carbocycles. The van der Waals surface area contributed by atoms with E-state index in [4.69, 9.17) is 0 Å². The first-order valence-corrected chi connectivity index (χ1v) is 7.63. The third-order valence-electron chi connectivity index (χ3n) is 5.10. The molecule has 20 heavy (non-hydrogen) atoms. The molecule has 3 rings (SSSR count). The number of rotatable bonds is 3. The zero-order valence-corrected chi connectivity index (χ0v) is 12.1. The van der Waals surface area contributed by atoms with Gasteiger partial charge in [0.05, 0.1) is 11.0 Å². The van der Waals surface area contributed by atoms with Gasteiger partial charge >= 0.3 is 0 Å². The number of hydrogen-bond donors (Lipinski definition) is 2. The highest BCUT2D eigenvalue weighted by Crippen LogP contribution is 2.37. The largest absolute Gasteiger partial charge is 0.388 e. The summed E-state index contributed by atoms with van der Waals surface area (Å²) in [5.74, 6) is 0.0602. The first-order chi connectivity index (χ1) is 9.54. The molecule has 2 aliphatic carbocycles. The summed E-state index contributed by atoms with van der Waals surface area (Å²) in [6.07, 6.45) is 5.66. The summed E-state index contributed by atoms with van der Waals surface area (Å²) in [6, 6.07) is 8.25. The Balaban J connectivity index is 1.76. The SMILES string of the molecule is CC1(C(=O)NCC2(O)CCC2)CCCc2ccccc21. The zero-order chi connectivity index (χ0) is 14.2. The van der Waals surface area contributed by atoms with Gasteiger partial charge in [0.2, 0.25) is 5.91 Å². The normalized spacial score (nSPS) is 27.3. The molecule has 0 bridgehead atoms. The summed E-state index contributed by atoms with van der Waals surface area (Å²) in [6.45, 7) is 2.43. The highest BCUT2D eigenvalue weighted by atomic mass is 16.3. The second kappa shape index (κ2) is 4.88. The van der Waals surface area contributed by atoms with Crippen LogP contribution >= 0.6 is 0 Å². The average molecular weight is 273 g/mol. The van der Waals surface area contributed by atoms with Crippen LogP contribution in [-0.4, -0.2) is 23.2 Å². The van der Waals surface area contributed by atoms with E-state index in [1.165, 1.54) is 5.56 Å². The van der Waals surface area contributed by atoms with Gasteiger partial charge in [-0.15, -0.1) is 0 Å². The second-order valence-corrected chi connectivity index (χ2v) is 6.60. The quantitative estimate of drug-likeness (QED) is 0.888. The maximum Gasteiger partial charge on any atom is 0.230 e. The topological polar surface area (TPSA) is 49.3 Å². The molecule has 2 aliphatic rings. The van der Waals surface area contributed by atoms with Crippen molar-refractivity contribution in [3.05, 3.63) is 35.4 Å². The number of amides is 1. The lowest BCUT2D eigenvalue weighted by molar-refractivity contribution is -0.129. The van der Waals surface area contributed by atoms with E-state index < -0.39 is 11.0 Å². The fourth-order valence-electron chi connectivity index (χ4n) is 3.48. The summed E-state index contributed by atoms with van der Waals surface area (Å²) >= 11 is 0. The average Bonchev–Trinajstić information content (AvgIpc) is 2.43. The minimum Gasteiger partial charge on any atom is -0.388 e. The van der Waals surface area contributed by atoms with E-state index in [2.05, 4.69) is 17.4 Å². The van der Waals surface area contributed by atoms with E-state index in [1.807, 2.05) is 19.1 Å². The number of hydrogen-bond acceptors (Lipinski definition) is 2. The van der Waals surface area contributed by atoms with Gasteiger partial charge in [-0.05, 0) is 56.6 Å². The molecule has 1 fully saturated rings. The highest BCUT2D eigenvalue weighted by molar-refractivity contribution is 5.88. The van der Waals surface area contributed by atoms with Crippen molar-refractivity contribution >= 4 is 5.91 Å². The van der Waals surface area contributed by atoms with Gasteiger partial charge in [-0.2, -0.15) is 0 Å². The molecule has 1 atom stereocenters. The summed E-state index contributed by atoms with van der Waals surface area (Å²) < 4.78 is 0. The molecule has 1 unspecified atom stereocenters. The van der Waals surface area contributed by atoms with Crippen molar-refractivity contribution < 1.29 is 9.90 Å². The highest BCUT2D eigenvalue weighted by Gasteiger charge is 2.41. The lowest BCUT2D eigenvalue weighted by Crippen LogP contribution is -2.52. The molecule has 1 amide bonds. The number of carbonyl (C=O) groups is 1. The van der Waals surface area contributed by atoms with Gasteiger partial charge in [-0.3, -0.25) is 4.79 Å². The number of nitrogens with one attached hydrogen (secondary N) is 1. The molecule has 1 saturated carbocycles.